The van der Waals surface area contributed by atoms with Gasteiger partial charge in [0.1, 0.15) is 0 Å². The van der Waals surface area contributed by atoms with Crippen LogP contribution in [-0.4, -0.2) is 30.2 Å². The maximum atomic E-state index is 10.3. The highest BCUT2D eigenvalue weighted by molar-refractivity contribution is 5.79. The number of non-ortho nitro benzene ring substituents is 1. The lowest BCUT2D eigenvalue weighted by atomic mass is 10.2. The van der Waals surface area contributed by atoms with Crippen molar-refractivity contribution in [1.82, 2.24) is 5.01 Å². The summed E-state index contributed by atoms with van der Waals surface area (Å²) < 4.78 is 0. The van der Waals surface area contributed by atoms with Crippen molar-refractivity contribution in [2.45, 2.75) is 0 Å². The van der Waals surface area contributed by atoms with E-state index >= 15 is 0 Å². The molecule has 74 valence electrons. The van der Waals surface area contributed by atoms with Crippen molar-refractivity contribution in [3.63, 3.8) is 0 Å². The molecule has 0 heterocycles. The summed E-state index contributed by atoms with van der Waals surface area (Å²) in [7, 11) is 3.61. The van der Waals surface area contributed by atoms with Gasteiger partial charge in [-0.2, -0.15) is 5.10 Å². The van der Waals surface area contributed by atoms with Gasteiger partial charge in [-0.05, 0) is 17.7 Å². The van der Waals surface area contributed by atoms with Gasteiger partial charge in [0.05, 0.1) is 11.1 Å². The van der Waals surface area contributed by atoms with Crippen LogP contribution < -0.4 is 0 Å². The number of benzene rings is 1. The lowest BCUT2D eigenvalue weighted by Gasteiger charge is -2.01. The first-order valence-corrected chi connectivity index (χ1v) is 4.05. The van der Waals surface area contributed by atoms with Gasteiger partial charge in [-0.15, -0.1) is 0 Å². The molecular formula is C9H11N3O2. The Morgan fingerprint density at radius 2 is 1.93 bits per heavy atom. The maximum absolute atomic E-state index is 10.3. The fraction of sp³-hybridized carbons (Fsp3) is 0.222. The molecule has 1 aromatic carbocycles. The minimum absolute atomic E-state index is 0.0898. The van der Waals surface area contributed by atoms with Crippen LogP contribution in [0.4, 0.5) is 5.69 Å². The van der Waals surface area contributed by atoms with E-state index in [0.29, 0.717) is 0 Å². The monoisotopic (exact) mass is 193 g/mol. The lowest BCUT2D eigenvalue weighted by Crippen LogP contribution is -2.01. The molecule has 0 N–H and O–H groups in total. The molecule has 0 unspecified atom stereocenters. The Labute approximate surface area is 81.8 Å². The molecule has 5 heteroatoms. The minimum Gasteiger partial charge on any atom is -0.303 e. The van der Waals surface area contributed by atoms with Crippen molar-refractivity contribution in [3.05, 3.63) is 39.9 Å². The Balaban J connectivity index is 2.78. The van der Waals surface area contributed by atoms with Crippen LogP contribution in [0.3, 0.4) is 0 Å². The third kappa shape index (κ3) is 2.85. The molecule has 0 amide bonds. The molecule has 0 aliphatic carbocycles. The second-order valence-corrected chi connectivity index (χ2v) is 2.94. The van der Waals surface area contributed by atoms with Gasteiger partial charge in [-0.1, -0.05) is 0 Å². The van der Waals surface area contributed by atoms with Crippen LogP contribution in [0, 0.1) is 10.1 Å². The fourth-order valence-electron chi connectivity index (χ4n) is 0.864. The summed E-state index contributed by atoms with van der Waals surface area (Å²) in [6.07, 6.45) is 1.64. The number of nitro benzene ring substituents is 1. The van der Waals surface area contributed by atoms with Gasteiger partial charge < -0.3 is 5.01 Å². The van der Waals surface area contributed by atoms with Crippen LogP contribution in [0.1, 0.15) is 5.56 Å². The zero-order valence-corrected chi connectivity index (χ0v) is 8.04. The molecule has 1 aromatic rings. The smallest absolute Gasteiger partial charge is 0.269 e. The van der Waals surface area contributed by atoms with Gasteiger partial charge in [0.15, 0.2) is 0 Å². The van der Waals surface area contributed by atoms with E-state index in [0.717, 1.165) is 5.56 Å². The van der Waals surface area contributed by atoms with Gasteiger partial charge in [0.25, 0.3) is 5.69 Å². The fourth-order valence-corrected chi connectivity index (χ4v) is 0.864. The van der Waals surface area contributed by atoms with E-state index in [1.807, 2.05) is 14.1 Å². The van der Waals surface area contributed by atoms with Crippen molar-refractivity contribution in [1.29, 1.82) is 0 Å². The summed E-state index contributed by atoms with van der Waals surface area (Å²) >= 11 is 0. The molecule has 1 rings (SSSR count). The second kappa shape index (κ2) is 4.36. The maximum Gasteiger partial charge on any atom is 0.269 e. The molecule has 0 fully saturated rings. The van der Waals surface area contributed by atoms with E-state index in [2.05, 4.69) is 5.10 Å². The minimum atomic E-state index is -0.424. The standard InChI is InChI=1S/C9H11N3O2/c1-11(2)10-7-8-3-5-9(6-4-8)12(13)14/h3-7H,1-2H3/b10-7-. The predicted octanol–water partition coefficient (Wildman–Crippen LogP) is 1.49. The summed E-state index contributed by atoms with van der Waals surface area (Å²) in [6, 6.07) is 6.23. The number of hydrogen-bond acceptors (Lipinski definition) is 4. The Bertz CT molecular complexity index is 344. The predicted molar refractivity (Wildman–Crippen MR) is 54.4 cm³/mol. The molecule has 0 saturated heterocycles. The molecule has 5 nitrogen and oxygen atoms in total. The average Bonchev–Trinajstić information content (AvgIpc) is 2.15. The van der Waals surface area contributed by atoms with E-state index < -0.39 is 4.92 Å². The highest BCUT2D eigenvalue weighted by Gasteiger charge is 2.02. The third-order valence-corrected chi connectivity index (χ3v) is 1.54. The number of hydrogen-bond donors (Lipinski definition) is 0. The molecule has 0 aliphatic rings. The van der Waals surface area contributed by atoms with Crippen LogP contribution in [0.25, 0.3) is 0 Å². The molecule has 0 saturated carbocycles. The zero-order chi connectivity index (χ0) is 10.6. The van der Waals surface area contributed by atoms with E-state index in [1.165, 1.54) is 12.1 Å². The number of hydrazone groups is 1. The number of nitro groups is 1. The summed E-state index contributed by atoms with van der Waals surface area (Å²) in [6.45, 7) is 0. The van der Waals surface area contributed by atoms with E-state index in [9.17, 15) is 10.1 Å². The largest absolute Gasteiger partial charge is 0.303 e. The third-order valence-electron chi connectivity index (χ3n) is 1.54. The first kappa shape index (κ1) is 10.2. The Kier molecular flexibility index (Phi) is 3.17. The average molecular weight is 193 g/mol. The molecule has 0 spiro atoms. The molecule has 0 aromatic heterocycles. The van der Waals surface area contributed by atoms with Crippen molar-refractivity contribution in [2.75, 3.05) is 14.1 Å². The lowest BCUT2D eigenvalue weighted by molar-refractivity contribution is -0.384. The molecule has 14 heavy (non-hydrogen) atoms. The molecular weight excluding hydrogens is 182 g/mol. The normalized spacial score (nSPS) is 10.4. The van der Waals surface area contributed by atoms with Gasteiger partial charge >= 0.3 is 0 Å². The van der Waals surface area contributed by atoms with E-state index in [-0.39, 0.29) is 5.69 Å². The number of rotatable bonds is 3. The molecule has 0 radical (unpaired) electrons. The van der Waals surface area contributed by atoms with Crippen molar-refractivity contribution >= 4 is 11.9 Å². The number of nitrogens with zero attached hydrogens (tertiary/aromatic N) is 3. The Hall–Kier alpha value is -1.91. The summed E-state index contributed by atoms with van der Waals surface area (Å²) in [5.74, 6) is 0. The first-order valence-electron chi connectivity index (χ1n) is 4.05. The van der Waals surface area contributed by atoms with E-state index in [1.54, 1.807) is 23.4 Å². The summed E-state index contributed by atoms with van der Waals surface area (Å²) in [5.41, 5.74) is 0.927. The summed E-state index contributed by atoms with van der Waals surface area (Å²) in [5, 5.41) is 16.0. The SMILES string of the molecule is CN(C)/N=C\c1ccc([N+](=O)[O-])cc1. The first-order chi connectivity index (χ1) is 6.59. The highest BCUT2D eigenvalue weighted by Crippen LogP contribution is 2.10. The summed E-state index contributed by atoms with van der Waals surface area (Å²) in [4.78, 5) is 9.92. The Morgan fingerprint density at radius 1 is 1.36 bits per heavy atom. The van der Waals surface area contributed by atoms with E-state index in [4.69, 9.17) is 0 Å². The highest BCUT2D eigenvalue weighted by atomic mass is 16.6. The van der Waals surface area contributed by atoms with Gasteiger partial charge in [0.2, 0.25) is 0 Å². The van der Waals surface area contributed by atoms with Crippen LogP contribution in [-0.2, 0) is 0 Å². The zero-order valence-electron chi connectivity index (χ0n) is 8.04. The van der Waals surface area contributed by atoms with Gasteiger partial charge in [-0.25, -0.2) is 0 Å². The Morgan fingerprint density at radius 3 is 2.36 bits per heavy atom. The second-order valence-electron chi connectivity index (χ2n) is 2.94. The van der Waals surface area contributed by atoms with Crippen molar-refractivity contribution < 1.29 is 4.92 Å². The van der Waals surface area contributed by atoms with Crippen molar-refractivity contribution in [3.8, 4) is 0 Å². The van der Waals surface area contributed by atoms with Gasteiger partial charge in [0, 0.05) is 26.2 Å². The topological polar surface area (TPSA) is 58.7 Å². The van der Waals surface area contributed by atoms with Crippen LogP contribution >= 0.6 is 0 Å². The van der Waals surface area contributed by atoms with Crippen LogP contribution in [0.2, 0.25) is 0 Å². The van der Waals surface area contributed by atoms with Crippen molar-refractivity contribution in [2.24, 2.45) is 5.10 Å². The molecule has 0 atom stereocenters. The van der Waals surface area contributed by atoms with Gasteiger partial charge in [-0.3, -0.25) is 10.1 Å². The van der Waals surface area contributed by atoms with Crippen LogP contribution in [0.15, 0.2) is 29.4 Å². The molecule has 0 aliphatic heterocycles. The quantitative estimate of drug-likeness (QED) is 0.415. The van der Waals surface area contributed by atoms with Crippen LogP contribution in [0.5, 0.6) is 0 Å². The molecule has 0 bridgehead atoms.